The van der Waals surface area contributed by atoms with Crippen molar-refractivity contribution in [1.29, 1.82) is 0 Å². The normalized spacial score (nSPS) is 10.8. The molecule has 2 nitrogen and oxygen atoms in total. The molecule has 0 aliphatic heterocycles. The number of ether oxygens (including phenoxy) is 1. The number of aromatic hydroxyl groups is 1. The fourth-order valence-electron chi connectivity index (χ4n) is 3.00. The van der Waals surface area contributed by atoms with Gasteiger partial charge in [0.05, 0.1) is 7.11 Å². The number of hydrogen-bond donors (Lipinski definition) is 1. The van der Waals surface area contributed by atoms with Gasteiger partial charge in [-0.1, -0.05) is 12.1 Å². The van der Waals surface area contributed by atoms with E-state index in [0.717, 1.165) is 44.7 Å². The molecule has 2 aromatic carbocycles. The minimum atomic E-state index is 0.358. The van der Waals surface area contributed by atoms with E-state index >= 15 is 0 Å². The van der Waals surface area contributed by atoms with Crippen LogP contribution < -0.4 is 4.74 Å². The van der Waals surface area contributed by atoms with Crippen LogP contribution in [-0.4, -0.2) is 12.2 Å². The van der Waals surface area contributed by atoms with Gasteiger partial charge in [0.1, 0.15) is 11.5 Å². The molecule has 0 saturated heterocycles. The Hall–Kier alpha value is -1.96. The van der Waals surface area contributed by atoms with Gasteiger partial charge in [-0.15, -0.1) is 0 Å². The van der Waals surface area contributed by atoms with Gasteiger partial charge >= 0.3 is 0 Å². The maximum absolute atomic E-state index is 10.7. The summed E-state index contributed by atoms with van der Waals surface area (Å²) in [6.45, 7) is 12.2. The van der Waals surface area contributed by atoms with Gasteiger partial charge in [-0.25, -0.2) is 0 Å². The van der Waals surface area contributed by atoms with Crippen molar-refractivity contribution in [3.63, 3.8) is 0 Å². The first-order valence-electron chi connectivity index (χ1n) is 7.24. The monoisotopic (exact) mass is 284 g/mol. The summed E-state index contributed by atoms with van der Waals surface area (Å²) in [6.07, 6.45) is 0. The van der Waals surface area contributed by atoms with Crippen molar-refractivity contribution < 1.29 is 9.84 Å². The van der Waals surface area contributed by atoms with Gasteiger partial charge in [-0.05, 0) is 74.9 Å². The lowest BCUT2D eigenvalue weighted by atomic mass is 9.88. The maximum Gasteiger partial charge on any atom is 0.130 e. The van der Waals surface area contributed by atoms with Crippen molar-refractivity contribution in [1.82, 2.24) is 0 Å². The Kier molecular flexibility index (Phi) is 3.99. The average Bonchev–Trinajstić information content (AvgIpc) is 2.42. The summed E-state index contributed by atoms with van der Waals surface area (Å²) in [7, 11) is 1.69. The van der Waals surface area contributed by atoms with E-state index in [-0.39, 0.29) is 0 Å². The van der Waals surface area contributed by atoms with Crippen LogP contribution in [-0.2, 0) is 0 Å². The third-order valence-corrected chi connectivity index (χ3v) is 4.45. The van der Waals surface area contributed by atoms with Crippen LogP contribution in [0.2, 0.25) is 0 Å². The van der Waals surface area contributed by atoms with Crippen molar-refractivity contribution in [3.8, 4) is 22.6 Å². The Labute approximate surface area is 127 Å². The van der Waals surface area contributed by atoms with Crippen molar-refractivity contribution in [2.24, 2.45) is 0 Å². The second kappa shape index (κ2) is 5.44. The maximum atomic E-state index is 10.7. The lowest BCUT2D eigenvalue weighted by Gasteiger charge is -2.20. The number of aryl methyl sites for hydroxylation is 4. The molecule has 2 rings (SSSR count). The Morgan fingerprint density at radius 1 is 0.714 bits per heavy atom. The number of rotatable bonds is 2. The average molecular weight is 284 g/mol. The van der Waals surface area contributed by atoms with E-state index in [1.807, 2.05) is 20.8 Å². The minimum Gasteiger partial charge on any atom is -0.507 e. The molecule has 0 radical (unpaired) electrons. The highest BCUT2D eigenvalue weighted by atomic mass is 16.5. The predicted octanol–water partition coefficient (Wildman–Crippen LogP) is 4.92. The number of phenols is 1. The van der Waals surface area contributed by atoms with Gasteiger partial charge in [0, 0.05) is 11.1 Å². The molecular weight excluding hydrogens is 260 g/mol. The minimum absolute atomic E-state index is 0.358. The fraction of sp³-hybridized carbons (Fsp3) is 0.368. The molecule has 0 atom stereocenters. The van der Waals surface area contributed by atoms with E-state index in [4.69, 9.17) is 4.74 Å². The van der Waals surface area contributed by atoms with E-state index < -0.39 is 0 Å². The van der Waals surface area contributed by atoms with E-state index in [9.17, 15) is 5.11 Å². The summed E-state index contributed by atoms with van der Waals surface area (Å²) in [6, 6.07) is 4.28. The van der Waals surface area contributed by atoms with Crippen LogP contribution in [0.3, 0.4) is 0 Å². The highest BCUT2D eigenvalue weighted by Gasteiger charge is 2.20. The van der Waals surface area contributed by atoms with Crippen molar-refractivity contribution in [2.75, 3.05) is 7.11 Å². The molecule has 0 amide bonds. The summed E-state index contributed by atoms with van der Waals surface area (Å²) in [4.78, 5) is 0. The van der Waals surface area contributed by atoms with Crippen LogP contribution in [0.15, 0.2) is 12.1 Å². The van der Waals surface area contributed by atoms with Crippen molar-refractivity contribution in [2.45, 2.75) is 41.5 Å². The molecule has 0 fully saturated rings. The van der Waals surface area contributed by atoms with Crippen LogP contribution in [0.5, 0.6) is 11.5 Å². The zero-order chi connectivity index (χ0) is 15.9. The third kappa shape index (κ3) is 2.39. The van der Waals surface area contributed by atoms with Crippen LogP contribution in [0.4, 0.5) is 0 Å². The summed E-state index contributed by atoms with van der Waals surface area (Å²) < 4.78 is 5.66. The molecule has 0 bridgehead atoms. The molecule has 2 heteroatoms. The lowest BCUT2D eigenvalue weighted by Crippen LogP contribution is -1.99. The predicted molar refractivity (Wildman–Crippen MR) is 88.5 cm³/mol. The summed E-state index contributed by atoms with van der Waals surface area (Å²) in [5, 5.41) is 10.7. The van der Waals surface area contributed by atoms with Gasteiger partial charge in [0.15, 0.2) is 0 Å². The third-order valence-electron chi connectivity index (χ3n) is 4.45. The molecule has 0 aliphatic rings. The second-order valence-electron chi connectivity index (χ2n) is 5.90. The molecule has 0 heterocycles. The first kappa shape index (κ1) is 15.4. The van der Waals surface area contributed by atoms with Crippen LogP contribution in [0.1, 0.15) is 33.4 Å². The zero-order valence-electron chi connectivity index (χ0n) is 14.0. The number of benzene rings is 2. The molecule has 1 N–H and O–H groups in total. The standard InChI is InChI=1S/C19H24O2/c1-10-8-12(3)16(18(20)14(10)5)17-13(4)9-11(2)15(6)19(17)21-7/h8-9,20H,1-7H3. The highest BCUT2D eigenvalue weighted by molar-refractivity contribution is 5.84. The van der Waals surface area contributed by atoms with Crippen LogP contribution in [0, 0.1) is 41.5 Å². The second-order valence-corrected chi connectivity index (χ2v) is 5.90. The Balaban J connectivity index is 2.92. The van der Waals surface area contributed by atoms with Gasteiger partial charge in [0.25, 0.3) is 0 Å². The molecular formula is C19H24O2. The lowest BCUT2D eigenvalue weighted by molar-refractivity contribution is 0.412. The first-order chi connectivity index (χ1) is 9.79. The molecule has 0 spiro atoms. The largest absolute Gasteiger partial charge is 0.507 e. The van der Waals surface area contributed by atoms with E-state index in [0.29, 0.717) is 5.75 Å². The topological polar surface area (TPSA) is 29.5 Å². The molecule has 0 aromatic heterocycles. The molecule has 0 saturated carbocycles. The van der Waals surface area contributed by atoms with E-state index in [2.05, 4.69) is 32.9 Å². The Morgan fingerprint density at radius 3 is 1.71 bits per heavy atom. The van der Waals surface area contributed by atoms with Gasteiger partial charge in [0.2, 0.25) is 0 Å². The van der Waals surface area contributed by atoms with Crippen molar-refractivity contribution in [3.05, 3.63) is 45.5 Å². The Bertz CT molecular complexity index is 712. The summed E-state index contributed by atoms with van der Waals surface area (Å²) in [5.74, 6) is 1.21. The van der Waals surface area contributed by atoms with E-state index in [1.165, 1.54) is 5.56 Å². The zero-order valence-corrected chi connectivity index (χ0v) is 14.0. The number of hydrogen-bond acceptors (Lipinski definition) is 2. The SMILES string of the molecule is COc1c(C)c(C)cc(C)c1-c1c(C)cc(C)c(C)c1O. The Morgan fingerprint density at radius 2 is 1.19 bits per heavy atom. The molecule has 0 aliphatic carbocycles. The molecule has 0 unspecified atom stereocenters. The molecule has 112 valence electrons. The van der Waals surface area contributed by atoms with E-state index in [1.54, 1.807) is 7.11 Å². The number of phenolic OH excluding ortho intramolecular Hbond substituents is 1. The number of methoxy groups -OCH3 is 1. The van der Waals surface area contributed by atoms with Gasteiger partial charge < -0.3 is 9.84 Å². The van der Waals surface area contributed by atoms with Crippen LogP contribution in [0.25, 0.3) is 11.1 Å². The van der Waals surface area contributed by atoms with Crippen LogP contribution >= 0.6 is 0 Å². The smallest absolute Gasteiger partial charge is 0.130 e. The van der Waals surface area contributed by atoms with Crippen molar-refractivity contribution >= 4 is 0 Å². The van der Waals surface area contributed by atoms with Gasteiger partial charge in [-0.3, -0.25) is 0 Å². The first-order valence-corrected chi connectivity index (χ1v) is 7.24. The summed E-state index contributed by atoms with van der Waals surface area (Å²) in [5.41, 5.74) is 8.43. The summed E-state index contributed by atoms with van der Waals surface area (Å²) >= 11 is 0. The fourth-order valence-corrected chi connectivity index (χ4v) is 3.00. The van der Waals surface area contributed by atoms with Gasteiger partial charge in [-0.2, -0.15) is 0 Å². The quantitative estimate of drug-likeness (QED) is 0.848. The molecule has 2 aromatic rings. The highest BCUT2D eigenvalue weighted by Crippen LogP contribution is 2.44. The molecule has 21 heavy (non-hydrogen) atoms.